The van der Waals surface area contributed by atoms with Gasteiger partial charge in [0.05, 0.1) is 12.0 Å². The Balaban J connectivity index is 1.76. The van der Waals surface area contributed by atoms with Crippen molar-refractivity contribution in [2.45, 2.75) is 63.4 Å². The maximum Gasteiger partial charge on any atom is 0.339 e. The van der Waals surface area contributed by atoms with E-state index in [0.29, 0.717) is 24.2 Å². The van der Waals surface area contributed by atoms with E-state index < -0.39 is 11.5 Å². The van der Waals surface area contributed by atoms with E-state index in [2.05, 4.69) is 0 Å². The summed E-state index contributed by atoms with van der Waals surface area (Å²) in [4.78, 5) is 24.7. The van der Waals surface area contributed by atoms with Crippen molar-refractivity contribution in [2.75, 3.05) is 0 Å². The molecule has 128 valence electrons. The molecule has 0 radical (unpaired) electrons. The van der Waals surface area contributed by atoms with Gasteiger partial charge in [-0.15, -0.1) is 0 Å². The number of hydrogen-bond acceptors (Lipinski definition) is 6. The number of carbonyl (C=O) groups excluding carboxylic acids is 1. The number of hydrogen-bond donors (Lipinski definition) is 1. The van der Waals surface area contributed by atoms with Crippen molar-refractivity contribution in [3.05, 3.63) is 32.9 Å². The number of aryl methyl sites for hydroxylation is 1. The average Bonchev–Trinajstić information content (AvgIpc) is 3.26. The van der Waals surface area contributed by atoms with Gasteiger partial charge in [0, 0.05) is 30.2 Å². The summed E-state index contributed by atoms with van der Waals surface area (Å²) in [6.07, 6.45) is 0.334. The Bertz CT molecular complexity index is 822. The largest absolute Gasteiger partial charge is 0.461 e. The van der Waals surface area contributed by atoms with Gasteiger partial charge in [-0.3, -0.25) is 4.79 Å². The highest BCUT2D eigenvalue weighted by atomic mass is 16.6. The standard InChI is InChI=1S/C18H20O6/c1-4-8-7-5-9-11-12(10(7)6(2)16(19)22-8)14-15(24-14)18(3,21)13(11)17(20)23-9/h9,11-15,21H,4-5H2,1-3H3/t9-,11-,12-,13+,14+,15-,18-/m1/s1. The third kappa shape index (κ3) is 1.54. The van der Waals surface area contributed by atoms with Crippen molar-refractivity contribution < 1.29 is 23.8 Å². The van der Waals surface area contributed by atoms with Crippen molar-refractivity contribution in [1.82, 2.24) is 0 Å². The maximum atomic E-state index is 12.5. The van der Waals surface area contributed by atoms with E-state index in [9.17, 15) is 14.7 Å². The Hall–Kier alpha value is -1.66. The van der Waals surface area contributed by atoms with E-state index >= 15 is 0 Å². The zero-order chi connectivity index (χ0) is 17.0. The maximum absolute atomic E-state index is 12.5. The van der Waals surface area contributed by atoms with Crippen LogP contribution >= 0.6 is 0 Å². The minimum absolute atomic E-state index is 0.0881. The van der Waals surface area contributed by atoms with Crippen LogP contribution in [0.15, 0.2) is 9.21 Å². The monoisotopic (exact) mass is 332 g/mol. The molecule has 0 aromatic carbocycles. The Morgan fingerprint density at radius 3 is 2.79 bits per heavy atom. The first-order valence-electron chi connectivity index (χ1n) is 8.60. The van der Waals surface area contributed by atoms with Crippen LogP contribution in [-0.4, -0.2) is 35.0 Å². The average molecular weight is 332 g/mol. The Kier molecular flexibility index (Phi) is 2.62. The van der Waals surface area contributed by atoms with Gasteiger partial charge in [-0.25, -0.2) is 4.79 Å². The van der Waals surface area contributed by atoms with E-state index in [1.807, 2.05) is 6.92 Å². The molecule has 1 aromatic heterocycles. The smallest absolute Gasteiger partial charge is 0.339 e. The fraction of sp³-hybridized carbons (Fsp3) is 0.667. The van der Waals surface area contributed by atoms with Crippen LogP contribution in [0, 0.1) is 18.8 Å². The van der Waals surface area contributed by atoms with E-state index in [1.54, 1.807) is 13.8 Å². The van der Waals surface area contributed by atoms with Gasteiger partial charge in [-0.2, -0.15) is 0 Å². The van der Waals surface area contributed by atoms with Gasteiger partial charge >= 0.3 is 11.6 Å². The molecule has 1 saturated carbocycles. The summed E-state index contributed by atoms with van der Waals surface area (Å²) in [5.41, 5.74) is 1.02. The lowest BCUT2D eigenvalue weighted by Crippen LogP contribution is -2.54. The second kappa shape index (κ2) is 4.29. The molecule has 2 aliphatic carbocycles. The molecule has 6 heteroatoms. The summed E-state index contributed by atoms with van der Waals surface area (Å²) >= 11 is 0. The molecule has 2 saturated heterocycles. The van der Waals surface area contributed by atoms with Crippen LogP contribution in [0.3, 0.4) is 0 Å². The summed E-state index contributed by atoms with van der Waals surface area (Å²) in [5.74, 6) is -0.505. The number of carbonyl (C=O) groups is 1. The van der Waals surface area contributed by atoms with Gasteiger partial charge in [-0.05, 0) is 25.0 Å². The number of aliphatic hydroxyl groups is 1. The van der Waals surface area contributed by atoms with Crippen molar-refractivity contribution >= 4 is 5.97 Å². The van der Waals surface area contributed by atoms with Gasteiger partial charge in [0.1, 0.15) is 23.6 Å². The number of epoxide rings is 1. The van der Waals surface area contributed by atoms with Crippen LogP contribution in [0.25, 0.3) is 0 Å². The molecular formula is C18H20O6. The lowest BCUT2D eigenvalue weighted by atomic mass is 9.58. The van der Waals surface area contributed by atoms with E-state index in [0.717, 1.165) is 11.1 Å². The first-order chi connectivity index (χ1) is 11.4. The zero-order valence-corrected chi connectivity index (χ0v) is 13.9. The first-order valence-corrected chi connectivity index (χ1v) is 8.60. The van der Waals surface area contributed by atoms with Crippen LogP contribution < -0.4 is 5.63 Å². The minimum Gasteiger partial charge on any atom is -0.461 e. The van der Waals surface area contributed by atoms with Gasteiger partial charge in [0.25, 0.3) is 0 Å². The van der Waals surface area contributed by atoms with Crippen molar-refractivity contribution in [2.24, 2.45) is 11.8 Å². The molecule has 4 aliphatic rings. The Labute approximate surface area is 138 Å². The molecule has 0 unspecified atom stereocenters. The summed E-state index contributed by atoms with van der Waals surface area (Å²) in [6.45, 7) is 5.40. The van der Waals surface area contributed by atoms with Gasteiger partial charge < -0.3 is 19.0 Å². The van der Waals surface area contributed by atoms with Crippen molar-refractivity contribution in [3.63, 3.8) is 0 Å². The fourth-order valence-corrected chi connectivity index (χ4v) is 5.44. The predicted molar refractivity (Wildman–Crippen MR) is 81.7 cm³/mol. The molecule has 1 N–H and O–H groups in total. The molecule has 0 spiro atoms. The van der Waals surface area contributed by atoms with E-state index in [4.69, 9.17) is 13.9 Å². The van der Waals surface area contributed by atoms with Crippen LogP contribution in [0.1, 0.15) is 42.2 Å². The van der Waals surface area contributed by atoms with Crippen LogP contribution in [0.2, 0.25) is 0 Å². The van der Waals surface area contributed by atoms with Gasteiger partial charge in [-0.1, -0.05) is 6.92 Å². The first kappa shape index (κ1) is 14.7. The lowest BCUT2D eigenvalue weighted by molar-refractivity contribution is -0.151. The number of esters is 1. The quantitative estimate of drug-likeness (QED) is 0.605. The number of ether oxygens (including phenoxy) is 2. The summed E-state index contributed by atoms with van der Waals surface area (Å²) in [6, 6.07) is 0. The Morgan fingerprint density at radius 2 is 2.08 bits per heavy atom. The highest BCUT2D eigenvalue weighted by Gasteiger charge is 2.73. The van der Waals surface area contributed by atoms with Crippen molar-refractivity contribution in [3.8, 4) is 0 Å². The normalized spacial score (nSPS) is 44.4. The highest BCUT2D eigenvalue weighted by Crippen LogP contribution is 2.62. The molecular weight excluding hydrogens is 312 g/mol. The number of rotatable bonds is 1. The highest BCUT2D eigenvalue weighted by molar-refractivity contribution is 5.78. The Morgan fingerprint density at radius 1 is 1.33 bits per heavy atom. The molecule has 6 nitrogen and oxygen atoms in total. The zero-order valence-electron chi connectivity index (χ0n) is 13.9. The van der Waals surface area contributed by atoms with Crippen LogP contribution in [0.4, 0.5) is 0 Å². The molecule has 24 heavy (non-hydrogen) atoms. The molecule has 3 fully saturated rings. The second-order valence-corrected chi connectivity index (χ2v) is 7.69. The SMILES string of the molecule is CCc1oc(=O)c(C)c2c1C[C@H]1OC(=O)[C@@H]3[C@H]1[C@@H]2[C@@H]1O[C@H]1[C@]3(C)O. The van der Waals surface area contributed by atoms with Crippen LogP contribution in [-0.2, 0) is 27.1 Å². The molecule has 1 aromatic rings. The summed E-state index contributed by atoms with van der Waals surface area (Å²) in [7, 11) is 0. The third-order valence-corrected chi connectivity index (χ3v) is 6.48. The molecule has 7 atom stereocenters. The summed E-state index contributed by atoms with van der Waals surface area (Å²) < 4.78 is 16.9. The summed E-state index contributed by atoms with van der Waals surface area (Å²) in [5, 5.41) is 10.8. The fourth-order valence-electron chi connectivity index (χ4n) is 5.44. The van der Waals surface area contributed by atoms with E-state index in [1.165, 1.54) is 0 Å². The molecule has 0 amide bonds. The number of fused-ring (bicyclic) bond motifs is 4. The minimum atomic E-state index is -1.21. The molecule has 5 rings (SSSR count). The third-order valence-electron chi connectivity index (χ3n) is 6.48. The van der Waals surface area contributed by atoms with Crippen LogP contribution in [0.5, 0.6) is 0 Å². The molecule has 0 bridgehead atoms. The van der Waals surface area contributed by atoms with Gasteiger partial charge in [0.15, 0.2) is 0 Å². The molecule has 3 heterocycles. The topological polar surface area (TPSA) is 89.3 Å². The predicted octanol–water partition coefficient (Wildman–Crippen LogP) is 0.840. The molecule has 2 aliphatic heterocycles. The van der Waals surface area contributed by atoms with E-state index in [-0.39, 0.29) is 41.7 Å². The van der Waals surface area contributed by atoms with Crippen molar-refractivity contribution in [1.29, 1.82) is 0 Å². The second-order valence-electron chi connectivity index (χ2n) is 7.69. The van der Waals surface area contributed by atoms with Gasteiger partial charge in [0.2, 0.25) is 0 Å². The lowest BCUT2D eigenvalue weighted by Gasteiger charge is -2.43.